The highest BCUT2D eigenvalue weighted by atomic mass is 16.7. The molecule has 4 fully saturated rings. The Labute approximate surface area is 456 Å². The number of carbonyl (C=O) groups is 3. The van der Waals surface area contributed by atoms with Gasteiger partial charge in [0.2, 0.25) is 0 Å². The van der Waals surface area contributed by atoms with Crippen LogP contribution < -0.4 is 0 Å². The minimum absolute atomic E-state index is 0.288. The van der Waals surface area contributed by atoms with Crippen LogP contribution in [0.4, 0.5) is 0 Å². The number of aliphatic hydroxyl groups excluding tert-OH is 9. The molecule has 0 aliphatic carbocycles. The van der Waals surface area contributed by atoms with Crippen molar-refractivity contribution < 1.29 is 103 Å². The molecule has 77 heavy (non-hydrogen) atoms. The Balaban J connectivity index is 1.60. The number of hydrogen-bond acceptors (Lipinski definition) is 21. The van der Waals surface area contributed by atoms with Gasteiger partial charge in [0.1, 0.15) is 93.1 Å². The summed E-state index contributed by atoms with van der Waals surface area (Å²) in [4.78, 5) is 40.8. The van der Waals surface area contributed by atoms with Crippen LogP contribution in [-0.2, 0) is 57.0 Å². The Kier molecular flexibility index (Phi) is 33.0. The molecule has 0 aromatic rings. The van der Waals surface area contributed by atoms with Gasteiger partial charge < -0.3 is 88.6 Å². The minimum Gasteiger partial charge on any atom is -0.463 e. The number of ether oxygens (including phenoxy) is 9. The van der Waals surface area contributed by atoms with Gasteiger partial charge in [-0.25, -0.2) is 0 Å². The highest BCUT2D eigenvalue weighted by Crippen LogP contribution is 2.30. The Morgan fingerprint density at radius 2 is 0.519 bits per heavy atom. The third-order valence-electron chi connectivity index (χ3n) is 15.3. The van der Waals surface area contributed by atoms with E-state index in [0.29, 0.717) is 19.3 Å². The van der Waals surface area contributed by atoms with E-state index in [4.69, 9.17) is 42.6 Å². The van der Waals surface area contributed by atoms with Crippen LogP contribution in [0, 0.1) is 0 Å². The van der Waals surface area contributed by atoms with E-state index in [1.165, 1.54) is 12.8 Å². The van der Waals surface area contributed by atoms with E-state index in [1.54, 1.807) is 0 Å². The lowest BCUT2D eigenvalue weighted by atomic mass is 9.98. The molecule has 4 heterocycles. The lowest BCUT2D eigenvalue weighted by molar-refractivity contribution is -0.314. The molecule has 4 aliphatic heterocycles. The SMILES string of the molecule is CCCCCCCCCCCC1CC(=O)OCC2OC(OC(CCCCCCCCC)CC(=O)OCC3OC(OC(CCCCCCCCC)CC(=O)OCC4OC(O1)C(O)C(O)C4O)C(O)C(O)C3O)C(O)C(O)C2O. The second-order valence-electron chi connectivity index (χ2n) is 21.9. The summed E-state index contributed by atoms with van der Waals surface area (Å²) in [5, 5.41) is 99.4. The van der Waals surface area contributed by atoms with Crippen molar-refractivity contribution in [2.75, 3.05) is 19.8 Å². The normalized spacial score (nSPS) is 35.6. The summed E-state index contributed by atoms with van der Waals surface area (Å²) in [5.74, 6) is -2.46. The first-order valence-corrected chi connectivity index (χ1v) is 29.6. The standard InChI is InChI=1S/C56H100O21/c1-4-7-10-13-16-17-20-23-26-29-38-32-44(59)71-35-40-46(61)49(64)52(67)55(76-40)73-36(27-24-21-18-14-11-8-5-2)30-42(57)69-33-39-45(60)48(63)51(66)54(75-39)72-37(28-25-22-19-15-12-9-6-3)31-43(58)70-34-41-47(62)50(65)53(68)56(74-38)77-41/h36-41,45-56,60-68H,4-35H2,1-3H3. The number of unbranched alkanes of at least 4 members (excludes halogenated alkanes) is 20. The Bertz CT molecular complexity index is 1580. The third-order valence-corrected chi connectivity index (χ3v) is 15.3. The first-order valence-electron chi connectivity index (χ1n) is 29.6. The van der Waals surface area contributed by atoms with E-state index < -0.39 is 167 Å². The number of rotatable bonds is 26. The maximum Gasteiger partial charge on any atom is 0.308 e. The molecule has 0 aromatic heterocycles. The predicted octanol–water partition coefficient (Wildman–Crippen LogP) is 4.58. The van der Waals surface area contributed by atoms with Gasteiger partial charge in [-0.3, -0.25) is 14.4 Å². The average molecular weight is 1110 g/mol. The van der Waals surface area contributed by atoms with Crippen LogP contribution >= 0.6 is 0 Å². The number of cyclic esters (lactones) is 3. The van der Waals surface area contributed by atoms with Crippen molar-refractivity contribution >= 4 is 17.9 Å². The Morgan fingerprint density at radius 3 is 0.753 bits per heavy atom. The second-order valence-corrected chi connectivity index (χ2v) is 21.9. The van der Waals surface area contributed by atoms with Gasteiger partial charge in [-0.15, -0.1) is 0 Å². The third kappa shape index (κ3) is 24.0. The fourth-order valence-electron chi connectivity index (χ4n) is 10.3. The number of hydrogen-bond donors (Lipinski definition) is 9. The molecule has 0 saturated carbocycles. The van der Waals surface area contributed by atoms with Gasteiger partial charge in [0.05, 0.1) is 37.6 Å². The summed E-state index contributed by atoms with van der Waals surface area (Å²) in [6.45, 7) is 4.61. The van der Waals surface area contributed by atoms with Gasteiger partial charge in [-0.2, -0.15) is 0 Å². The molecule has 0 amide bonds. The number of carbonyl (C=O) groups excluding carboxylic acids is 3. The molecule has 18 unspecified atom stereocenters. The van der Waals surface area contributed by atoms with Gasteiger partial charge in [0.25, 0.3) is 0 Å². The van der Waals surface area contributed by atoms with Gasteiger partial charge in [0.15, 0.2) is 18.9 Å². The van der Waals surface area contributed by atoms with E-state index in [1.807, 2.05) is 0 Å². The summed E-state index contributed by atoms with van der Waals surface area (Å²) in [7, 11) is 0. The minimum atomic E-state index is -1.82. The molecule has 0 radical (unpaired) electrons. The molecule has 0 spiro atoms. The van der Waals surface area contributed by atoms with Crippen LogP contribution in [0.2, 0.25) is 0 Å². The van der Waals surface area contributed by atoms with E-state index >= 15 is 0 Å². The quantitative estimate of drug-likeness (QED) is 0.0325. The zero-order valence-electron chi connectivity index (χ0n) is 46.4. The van der Waals surface area contributed by atoms with Crippen LogP contribution in [0.25, 0.3) is 0 Å². The van der Waals surface area contributed by atoms with Gasteiger partial charge in [0, 0.05) is 0 Å². The molecular weight excluding hydrogens is 1010 g/mol. The largest absolute Gasteiger partial charge is 0.463 e. The van der Waals surface area contributed by atoms with Crippen molar-refractivity contribution in [1.82, 2.24) is 0 Å². The van der Waals surface area contributed by atoms with Crippen molar-refractivity contribution in [3.63, 3.8) is 0 Å². The number of aliphatic hydroxyl groups is 9. The summed E-state index contributed by atoms with van der Waals surface area (Å²) in [6.07, 6.45) is -5.91. The number of esters is 3. The highest BCUT2D eigenvalue weighted by molar-refractivity contribution is 5.70. The lowest BCUT2D eigenvalue weighted by Crippen LogP contribution is -2.60. The van der Waals surface area contributed by atoms with Crippen LogP contribution in [0.15, 0.2) is 0 Å². The fourth-order valence-corrected chi connectivity index (χ4v) is 10.3. The molecule has 4 aliphatic rings. The lowest BCUT2D eigenvalue weighted by Gasteiger charge is -2.41. The topological polar surface area (TPSA) is 316 Å². The second kappa shape index (κ2) is 37.7. The molecule has 450 valence electrons. The summed E-state index contributed by atoms with van der Waals surface area (Å²) >= 11 is 0. The van der Waals surface area contributed by atoms with E-state index in [0.717, 1.165) is 116 Å². The molecule has 21 heteroatoms. The molecule has 18 atom stereocenters. The van der Waals surface area contributed by atoms with E-state index in [2.05, 4.69) is 20.8 Å². The Morgan fingerprint density at radius 1 is 0.299 bits per heavy atom. The Hall–Kier alpha value is -2.19. The van der Waals surface area contributed by atoms with Gasteiger partial charge in [-0.1, -0.05) is 168 Å². The zero-order valence-corrected chi connectivity index (χ0v) is 46.4. The molecular formula is C56H100O21. The zero-order chi connectivity index (χ0) is 56.1. The molecule has 4 saturated heterocycles. The van der Waals surface area contributed by atoms with Crippen LogP contribution in [-0.4, -0.2) is 194 Å². The summed E-state index contributed by atoms with van der Waals surface area (Å²) in [5.41, 5.74) is 0. The van der Waals surface area contributed by atoms with Crippen molar-refractivity contribution in [2.45, 2.75) is 317 Å². The van der Waals surface area contributed by atoms with Crippen molar-refractivity contribution in [1.29, 1.82) is 0 Å². The molecule has 6 bridgehead atoms. The number of fused-ring (bicyclic) bond motifs is 6. The van der Waals surface area contributed by atoms with Crippen molar-refractivity contribution in [3.8, 4) is 0 Å². The summed E-state index contributed by atoms with van der Waals surface area (Å²) in [6, 6.07) is 0. The maximum absolute atomic E-state index is 13.6. The van der Waals surface area contributed by atoms with Crippen LogP contribution in [0.3, 0.4) is 0 Å². The molecule has 4 rings (SSSR count). The first-order chi connectivity index (χ1) is 37.1. The van der Waals surface area contributed by atoms with E-state index in [-0.39, 0.29) is 19.3 Å². The summed E-state index contributed by atoms with van der Waals surface area (Å²) < 4.78 is 53.1. The predicted molar refractivity (Wildman–Crippen MR) is 278 cm³/mol. The van der Waals surface area contributed by atoms with Crippen LogP contribution in [0.1, 0.15) is 207 Å². The average Bonchev–Trinajstić information content (AvgIpc) is 3.41. The van der Waals surface area contributed by atoms with Crippen molar-refractivity contribution in [2.24, 2.45) is 0 Å². The smallest absolute Gasteiger partial charge is 0.308 e. The maximum atomic E-state index is 13.6. The molecule has 21 nitrogen and oxygen atoms in total. The van der Waals surface area contributed by atoms with Crippen molar-refractivity contribution in [3.05, 3.63) is 0 Å². The molecule has 0 aromatic carbocycles. The van der Waals surface area contributed by atoms with Crippen LogP contribution in [0.5, 0.6) is 0 Å². The van der Waals surface area contributed by atoms with Gasteiger partial charge in [-0.05, 0) is 19.3 Å². The van der Waals surface area contributed by atoms with Gasteiger partial charge >= 0.3 is 17.9 Å². The monoisotopic (exact) mass is 1110 g/mol. The molecule has 9 N–H and O–H groups in total. The van der Waals surface area contributed by atoms with E-state index in [9.17, 15) is 60.3 Å². The highest BCUT2D eigenvalue weighted by Gasteiger charge is 2.49. The fraction of sp³-hybridized carbons (Fsp3) is 0.946. The first kappa shape index (κ1) is 67.3.